The number of sulfonamides is 1. The summed E-state index contributed by atoms with van der Waals surface area (Å²) in [5.74, 6) is 1.89. The van der Waals surface area contributed by atoms with Crippen molar-refractivity contribution in [2.45, 2.75) is 36.9 Å². The molecule has 162 valence electrons. The molecule has 2 aromatic heterocycles. The van der Waals surface area contributed by atoms with E-state index in [-0.39, 0.29) is 12.5 Å². The van der Waals surface area contributed by atoms with Gasteiger partial charge in [-0.05, 0) is 48.4 Å². The van der Waals surface area contributed by atoms with E-state index in [0.29, 0.717) is 34.9 Å². The van der Waals surface area contributed by atoms with Crippen LogP contribution >= 0.6 is 22.7 Å². The van der Waals surface area contributed by atoms with Crippen LogP contribution in [0.4, 0.5) is 0 Å². The number of thiazole rings is 1. The average molecular weight is 474 g/mol. The Balaban J connectivity index is 1.64. The number of rotatable bonds is 5. The minimum absolute atomic E-state index is 0.155. The molecular formula is C22H23N3O3S3. The zero-order chi connectivity index (χ0) is 22.0. The number of fused-ring (bicyclic) bond motifs is 1. The minimum atomic E-state index is -3.57. The SMILES string of the molecule is C#CCn1c(=NC(=O)C2CCCN(S(=O)(=O)c3cccs3)C2)sc2cc(CC)ccc21. The molecule has 0 saturated carbocycles. The molecule has 0 radical (unpaired) electrons. The lowest BCUT2D eigenvalue weighted by Crippen LogP contribution is -2.42. The van der Waals surface area contributed by atoms with E-state index in [0.717, 1.165) is 16.6 Å². The Morgan fingerprint density at radius 3 is 2.90 bits per heavy atom. The van der Waals surface area contributed by atoms with E-state index in [1.807, 2.05) is 10.6 Å². The number of piperidine rings is 1. The van der Waals surface area contributed by atoms with Gasteiger partial charge in [0.25, 0.3) is 15.9 Å². The molecule has 31 heavy (non-hydrogen) atoms. The van der Waals surface area contributed by atoms with Crippen molar-refractivity contribution in [1.29, 1.82) is 0 Å². The Labute approximate surface area is 189 Å². The number of benzene rings is 1. The molecule has 6 nitrogen and oxygen atoms in total. The summed E-state index contributed by atoms with van der Waals surface area (Å²) < 4.78 is 30.4. The first-order valence-corrected chi connectivity index (χ1v) is 13.3. The Hall–Kier alpha value is -2.25. The highest BCUT2D eigenvalue weighted by molar-refractivity contribution is 7.91. The van der Waals surface area contributed by atoms with Gasteiger partial charge < -0.3 is 4.57 Å². The molecular weight excluding hydrogens is 450 g/mol. The Morgan fingerprint density at radius 2 is 2.19 bits per heavy atom. The predicted octanol–water partition coefficient (Wildman–Crippen LogP) is 3.49. The molecule has 1 aromatic carbocycles. The van der Waals surface area contributed by atoms with Crippen molar-refractivity contribution in [3.63, 3.8) is 0 Å². The topological polar surface area (TPSA) is 71.7 Å². The molecule has 3 heterocycles. The standard InChI is InChI=1S/C22H23N3O3S3/c1-3-11-25-18-10-9-16(4-2)14-19(18)30-22(25)23-21(26)17-7-5-12-24(15-17)31(27,28)20-8-6-13-29-20/h1,6,8-10,13-14,17H,4-5,7,11-12,15H2,2H3. The zero-order valence-electron chi connectivity index (χ0n) is 17.2. The van der Waals surface area contributed by atoms with Gasteiger partial charge in [-0.15, -0.1) is 17.8 Å². The highest BCUT2D eigenvalue weighted by Gasteiger charge is 2.33. The molecule has 0 bridgehead atoms. The molecule has 0 aliphatic carbocycles. The summed E-state index contributed by atoms with van der Waals surface area (Å²) >= 11 is 2.63. The molecule has 1 atom stereocenters. The normalized spacial score (nSPS) is 18.3. The maximum atomic E-state index is 13.0. The fourth-order valence-corrected chi connectivity index (χ4v) is 7.52. The molecule has 1 fully saturated rings. The van der Waals surface area contributed by atoms with Gasteiger partial charge in [-0.3, -0.25) is 4.79 Å². The molecule has 3 aromatic rings. The van der Waals surface area contributed by atoms with Crippen molar-refractivity contribution in [1.82, 2.24) is 8.87 Å². The van der Waals surface area contributed by atoms with Crippen molar-refractivity contribution in [3.8, 4) is 12.3 Å². The summed E-state index contributed by atoms with van der Waals surface area (Å²) in [7, 11) is -3.57. The number of hydrogen-bond acceptors (Lipinski definition) is 5. The van der Waals surface area contributed by atoms with Gasteiger partial charge in [-0.1, -0.05) is 36.3 Å². The van der Waals surface area contributed by atoms with Gasteiger partial charge in [0.15, 0.2) is 4.80 Å². The van der Waals surface area contributed by atoms with Crippen molar-refractivity contribution in [3.05, 3.63) is 46.1 Å². The van der Waals surface area contributed by atoms with Gasteiger partial charge in [0.05, 0.1) is 22.7 Å². The molecule has 1 unspecified atom stereocenters. The van der Waals surface area contributed by atoms with Crippen LogP contribution in [-0.2, 0) is 27.8 Å². The monoisotopic (exact) mass is 473 g/mol. The van der Waals surface area contributed by atoms with E-state index in [2.05, 4.69) is 30.0 Å². The fourth-order valence-electron chi connectivity index (χ4n) is 3.75. The Morgan fingerprint density at radius 1 is 1.35 bits per heavy atom. The molecule has 0 N–H and O–H groups in total. The predicted molar refractivity (Wildman–Crippen MR) is 124 cm³/mol. The zero-order valence-corrected chi connectivity index (χ0v) is 19.6. The first-order chi connectivity index (χ1) is 14.9. The van der Waals surface area contributed by atoms with E-state index < -0.39 is 15.9 Å². The number of terminal acetylenes is 1. The number of aryl methyl sites for hydroxylation is 1. The first-order valence-electron chi connectivity index (χ1n) is 10.1. The largest absolute Gasteiger partial charge is 0.305 e. The van der Waals surface area contributed by atoms with E-state index in [1.54, 1.807) is 17.5 Å². The number of hydrogen-bond donors (Lipinski definition) is 0. The second-order valence-electron chi connectivity index (χ2n) is 7.41. The quantitative estimate of drug-likeness (QED) is 0.533. The molecule has 4 rings (SSSR count). The molecule has 0 spiro atoms. The highest BCUT2D eigenvalue weighted by atomic mass is 32.2. The van der Waals surface area contributed by atoms with Gasteiger partial charge >= 0.3 is 0 Å². The van der Waals surface area contributed by atoms with Crippen LogP contribution in [0.3, 0.4) is 0 Å². The Kier molecular flexibility index (Phi) is 6.44. The number of carbonyl (C=O) groups excluding carboxylic acids is 1. The van der Waals surface area contributed by atoms with Crippen molar-refractivity contribution >= 4 is 48.8 Å². The highest BCUT2D eigenvalue weighted by Crippen LogP contribution is 2.27. The van der Waals surface area contributed by atoms with Gasteiger partial charge in [-0.2, -0.15) is 9.30 Å². The van der Waals surface area contributed by atoms with Crippen LogP contribution in [0, 0.1) is 18.3 Å². The van der Waals surface area contributed by atoms with Gasteiger partial charge in [0.2, 0.25) is 0 Å². The van der Waals surface area contributed by atoms with Crippen molar-refractivity contribution in [2.24, 2.45) is 10.9 Å². The lowest BCUT2D eigenvalue weighted by Gasteiger charge is -2.29. The number of thiophene rings is 1. The smallest absolute Gasteiger partial charge is 0.252 e. The summed E-state index contributed by atoms with van der Waals surface area (Å²) in [6.07, 6.45) is 7.73. The lowest BCUT2D eigenvalue weighted by molar-refractivity contribution is -0.122. The lowest BCUT2D eigenvalue weighted by atomic mass is 9.99. The van der Waals surface area contributed by atoms with Crippen LogP contribution in [0.1, 0.15) is 25.3 Å². The molecule has 1 amide bonds. The van der Waals surface area contributed by atoms with E-state index in [1.165, 1.54) is 32.5 Å². The molecule has 9 heteroatoms. The van der Waals surface area contributed by atoms with E-state index >= 15 is 0 Å². The molecule has 1 aliphatic rings. The van der Waals surface area contributed by atoms with Gasteiger partial charge in [-0.25, -0.2) is 8.42 Å². The van der Waals surface area contributed by atoms with Gasteiger partial charge in [0, 0.05) is 13.1 Å². The number of aromatic nitrogens is 1. The third-order valence-corrected chi connectivity index (χ3v) is 9.71. The third kappa shape index (κ3) is 4.39. The van der Waals surface area contributed by atoms with Crippen LogP contribution in [0.25, 0.3) is 10.2 Å². The molecule has 1 aliphatic heterocycles. The average Bonchev–Trinajstić information content (AvgIpc) is 3.43. The molecule has 1 saturated heterocycles. The number of amides is 1. The second kappa shape index (κ2) is 9.09. The van der Waals surface area contributed by atoms with Crippen LogP contribution in [0.5, 0.6) is 0 Å². The van der Waals surface area contributed by atoms with Crippen LogP contribution in [0.2, 0.25) is 0 Å². The van der Waals surface area contributed by atoms with E-state index in [9.17, 15) is 13.2 Å². The summed E-state index contributed by atoms with van der Waals surface area (Å²) in [6, 6.07) is 9.49. The Bertz CT molecular complexity index is 1310. The van der Waals surface area contributed by atoms with Crippen LogP contribution < -0.4 is 4.80 Å². The van der Waals surface area contributed by atoms with E-state index in [4.69, 9.17) is 6.42 Å². The van der Waals surface area contributed by atoms with Crippen molar-refractivity contribution in [2.75, 3.05) is 13.1 Å². The first kappa shape index (κ1) is 22.0. The number of carbonyl (C=O) groups is 1. The fraction of sp³-hybridized carbons (Fsp3) is 0.364. The summed E-state index contributed by atoms with van der Waals surface area (Å²) in [4.78, 5) is 18.0. The van der Waals surface area contributed by atoms with Crippen molar-refractivity contribution < 1.29 is 13.2 Å². The van der Waals surface area contributed by atoms with Gasteiger partial charge in [0.1, 0.15) is 4.21 Å². The third-order valence-electron chi connectivity index (χ3n) is 5.43. The number of nitrogens with zero attached hydrogens (tertiary/aromatic N) is 3. The van der Waals surface area contributed by atoms with Crippen LogP contribution in [0.15, 0.2) is 44.9 Å². The summed E-state index contributed by atoms with van der Waals surface area (Å²) in [5, 5.41) is 1.74. The minimum Gasteiger partial charge on any atom is -0.305 e. The summed E-state index contributed by atoms with van der Waals surface area (Å²) in [6.45, 7) is 2.99. The maximum absolute atomic E-state index is 13.0. The maximum Gasteiger partial charge on any atom is 0.252 e. The van der Waals surface area contributed by atoms with Crippen LogP contribution in [-0.4, -0.2) is 36.3 Å². The second-order valence-corrected chi connectivity index (χ2v) is 11.5. The summed E-state index contributed by atoms with van der Waals surface area (Å²) in [5.41, 5.74) is 2.17.